The van der Waals surface area contributed by atoms with Crippen molar-refractivity contribution < 1.29 is 19.4 Å². The van der Waals surface area contributed by atoms with E-state index in [0.29, 0.717) is 13.0 Å². The standard InChI is InChI=1S/C21H26N2O4/c1-23(2)18-8-3-17(4-9-18)13-14-27-19-10-5-16(6-11-19)7-12-20(24)22-15-21(25)26/h3-6,8-11H,7,12-15H2,1-2H3,(H,22,24)(H,25,26). The Morgan fingerprint density at radius 3 is 2.15 bits per heavy atom. The first kappa shape index (κ1) is 20.3. The van der Waals surface area contributed by atoms with Crippen LogP contribution in [-0.2, 0) is 22.4 Å². The molecule has 0 heterocycles. The van der Waals surface area contributed by atoms with Gasteiger partial charge in [0.25, 0.3) is 0 Å². The van der Waals surface area contributed by atoms with E-state index in [9.17, 15) is 9.59 Å². The van der Waals surface area contributed by atoms with E-state index in [1.165, 1.54) is 11.3 Å². The second-order valence-corrected chi connectivity index (χ2v) is 6.47. The molecule has 0 radical (unpaired) electrons. The highest BCUT2D eigenvalue weighted by molar-refractivity contribution is 5.81. The lowest BCUT2D eigenvalue weighted by Crippen LogP contribution is -2.29. The summed E-state index contributed by atoms with van der Waals surface area (Å²) in [5.41, 5.74) is 3.41. The van der Waals surface area contributed by atoms with Crippen molar-refractivity contribution in [3.05, 3.63) is 59.7 Å². The van der Waals surface area contributed by atoms with Gasteiger partial charge in [-0.3, -0.25) is 9.59 Å². The maximum Gasteiger partial charge on any atom is 0.322 e. The van der Waals surface area contributed by atoms with Crippen molar-refractivity contribution in [2.75, 3.05) is 32.1 Å². The fourth-order valence-electron chi connectivity index (χ4n) is 2.52. The number of carboxylic acids is 1. The quantitative estimate of drug-likeness (QED) is 0.672. The molecule has 0 fully saturated rings. The Hall–Kier alpha value is -3.02. The van der Waals surface area contributed by atoms with Gasteiger partial charge in [0.2, 0.25) is 5.91 Å². The number of ether oxygens (including phenoxy) is 1. The van der Waals surface area contributed by atoms with E-state index in [-0.39, 0.29) is 18.9 Å². The number of rotatable bonds is 10. The Balaban J connectivity index is 1.72. The first-order valence-corrected chi connectivity index (χ1v) is 8.90. The van der Waals surface area contributed by atoms with E-state index in [1.54, 1.807) is 0 Å². The number of anilines is 1. The molecule has 2 aromatic carbocycles. The molecule has 0 aromatic heterocycles. The number of nitrogens with one attached hydrogen (secondary N) is 1. The lowest BCUT2D eigenvalue weighted by Gasteiger charge is -2.13. The summed E-state index contributed by atoms with van der Waals surface area (Å²) < 4.78 is 5.78. The van der Waals surface area contributed by atoms with Crippen molar-refractivity contribution in [3.63, 3.8) is 0 Å². The third-order valence-corrected chi connectivity index (χ3v) is 4.11. The zero-order chi connectivity index (χ0) is 19.6. The number of nitrogens with zero attached hydrogens (tertiary/aromatic N) is 1. The van der Waals surface area contributed by atoms with E-state index in [4.69, 9.17) is 9.84 Å². The normalized spacial score (nSPS) is 10.3. The van der Waals surface area contributed by atoms with Crippen LogP contribution in [0.1, 0.15) is 17.5 Å². The molecule has 144 valence electrons. The maximum atomic E-state index is 11.5. The number of carbonyl (C=O) groups is 2. The monoisotopic (exact) mass is 370 g/mol. The summed E-state index contributed by atoms with van der Waals surface area (Å²) in [6.45, 7) is 0.252. The van der Waals surface area contributed by atoms with Gasteiger partial charge in [0.1, 0.15) is 12.3 Å². The number of carbonyl (C=O) groups excluding carboxylic acids is 1. The number of hydrogen-bond acceptors (Lipinski definition) is 4. The fourth-order valence-corrected chi connectivity index (χ4v) is 2.52. The third kappa shape index (κ3) is 7.40. The minimum absolute atomic E-state index is 0.260. The van der Waals surface area contributed by atoms with Crippen molar-refractivity contribution in [2.45, 2.75) is 19.3 Å². The van der Waals surface area contributed by atoms with Gasteiger partial charge in [-0.2, -0.15) is 0 Å². The predicted molar refractivity (Wildman–Crippen MR) is 105 cm³/mol. The molecule has 0 spiro atoms. The molecule has 27 heavy (non-hydrogen) atoms. The largest absolute Gasteiger partial charge is 0.493 e. The molecule has 6 heteroatoms. The summed E-state index contributed by atoms with van der Waals surface area (Å²) in [6, 6.07) is 16.0. The van der Waals surface area contributed by atoms with Crippen molar-refractivity contribution in [1.29, 1.82) is 0 Å². The van der Waals surface area contributed by atoms with E-state index in [0.717, 1.165) is 17.7 Å². The van der Waals surface area contributed by atoms with Crippen molar-refractivity contribution in [3.8, 4) is 5.75 Å². The highest BCUT2D eigenvalue weighted by Crippen LogP contribution is 2.15. The maximum absolute atomic E-state index is 11.5. The fraction of sp³-hybridized carbons (Fsp3) is 0.333. The first-order chi connectivity index (χ1) is 12.9. The Labute approximate surface area is 159 Å². The molecule has 0 aliphatic heterocycles. The van der Waals surface area contributed by atoms with Crippen LogP contribution in [0.15, 0.2) is 48.5 Å². The highest BCUT2D eigenvalue weighted by Gasteiger charge is 2.05. The molecule has 0 aliphatic rings. The van der Waals surface area contributed by atoms with E-state index in [2.05, 4.69) is 34.5 Å². The minimum atomic E-state index is -1.04. The molecule has 2 rings (SSSR count). The smallest absolute Gasteiger partial charge is 0.322 e. The number of aliphatic carboxylic acids is 1. The first-order valence-electron chi connectivity index (χ1n) is 8.90. The van der Waals surface area contributed by atoms with E-state index < -0.39 is 5.97 Å². The third-order valence-electron chi connectivity index (χ3n) is 4.11. The molecular weight excluding hydrogens is 344 g/mol. The van der Waals surface area contributed by atoms with Crippen molar-refractivity contribution >= 4 is 17.6 Å². The number of benzene rings is 2. The number of aryl methyl sites for hydroxylation is 1. The summed E-state index contributed by atoms with van der Waals surface area (Å²) in [5, 5.41) is 10.9. The summed E-state index contributed by atoms with van der Waals surface area (Å²) in [7, 11) is 4.04. The predicted octanol–water partition coefficient (Wildman–Crippen LogP) is 2.51. The zero-order valence-corrected chi connectivity index (χ0v) is 15.8. The van der Waals surface area contributed by atoms with Crippen LogP contribution in [0.3, 0.4) is 0 Å². The van der Waals surface area contributed by atoms with Gasteiger partial charge in [-0.25, -0.2) is 0 Å². The Bertz CT molecular complexity index is 740. The summed E-state index contributed by atoms with van der Waals surface area (Å²) in [5.74, 6) is -0.518. The molecule has 0 atom stereocenters. The number of carboxylic acid groups (broad SMARTS) is 1. The van der Waals surface area contributed by atoms with Crippen LogP contribution in [0.4, 0.5) is 5.69 Å². The molecule has 2 N–H and O–H groups in total. The molecule has 1 amide bonds. The lowest BCUT2D eigenvalue weighted by molar-refractivity contribution is -0.137. The van der Waals surface area contributed by atoms with Gasteiger partial charge < -0.3 is 20.1 Å². The van der Waals surface area contributed by atoms with Crippen LogP contribution in [-0.4, -0.2) is 44.2 Å². The molecule has 2 aromatic rings. The van der Waals surface area contributed by atoms with Gasteiger partial charge in [-0.05, 0) is 41.8 Å². The van der Waals surface area contributed by atoms with Gasteiger partial charge in [0.15, 0.2) is 0 Å². The zero-order valence-electron chi connectivity index (χ0n) is 15.8. The second-order valence-electron chi connectivity index (χ2n) is 6.47. The van der Waals surface area contributed by atoms with Crippen LogP contribution in [0.25, 0.3) is 0 Å². The Morgan fingerprint density at radius 1 is 0.963 bits per heavy atom. The van der Waals surface area contributed by atoms with Gasteiger partial charge >= 0.3 is 5.97 Å². The average molecular weight is 370 g/mol. The Kier molecular flexibility index (Phi) is 7.67. The topological polar surface area (TPSA) is 78.9 Å². The van der Waals surface area contributed by atoms with Gasteiger partial charge in [0.05, 0.1) is 6.61 Å². The van der Waals surface area contributed by atoms with Crippen LogP contribution < -0.4 is 15.0 Å². The van der Waals surface area contributed by atoms with Crippen molar-refractivity contribution in [1.82, 2.24) is 5.32 Å². The van der Waals surface area contributed by atoms with Gasteiger partial charge in [-0.1, -0.05) is 24.3 Å². The molecule has 0 bridgehead atoms. The molecule has 6 nitrogen and oxygen atoms in total. The van der Waals surface area contributed by atoms with E-state index in [1.807, 2.05) is 38.4 Å². The minimum Gasteiger partial charge on any atom is -0.493 e. The summed E-state index contributed by atoms with van der Waals surface area (Å²) >= 11 is 0. The van der Waals surface area contributed by atoms with Gasteiger partial charge in [0, 0.05) is 32.6 Å². The molecular formula is C21H26N2O4. The van der Waals surface area contributed by atoms with Gasteiger partial charge in [-0.15, -0.1) is 0 Å². The Morgan fingerprint density at radius 2 is 1.56 bits per heavy atom. The van der Waals surface area contributed by atoms with Crippen LogP contribution in [0, 0.1) is 0 Å². The summed E-state index contributed by atoms with van der Waals surface area (Å²) in [4.78, 5) is 24.0. The summed E-state index contributed by atoms with van der Waals surface area (Å²) in [6.07, 6.45) is 1.65. The average Bonchev–Trinajstić information content (AvgIpc) is 2.66. The van der Waals surface area contributed by atoms with Crippen molar-refractivity contribution in [2.24, 2.45) is 0 Å². The number of hydrogen-bond donors (Lipinski definition) is 2. The van der Waals surface area contributed by atoms with Crippen LogP contribution >= 0.6 is 0 Å². The van der Waals surface area contributed by atoms with Crippen LogP contribution in [0.2, 0.25) is 0 Å². The SMILES string of the molecule is CN(C)c1ccc(CCOc2ccc(CCC(=O)NCC(=O)O)cc2)cc1. The number of amides is 1. The van der Waals surface area contributed by atoms with Crippen LogP contribution in [0.5, 0.6) is 5.75 Å². The second kappa shape index (κ2) is 10.2. The molecule has 0 saturated carbocycles. The lowest BCUT2D eigenvalue weighted by atomic mass is 10.1. The highest BCUT2D eigenvalue weighted by atomic mass is 16.5. The molecule has 0 aliphatic carbocycles. The molecule has 0 saturated heterocycles. The molecule has 0 unspecified atom stereocenters. The van der Waals surface area contributed by atoms with E-state index >= 15 is 0 Å².